The molecule has 6 nitrogen and oxygen atoms in total. The van der Waals surface area contributed by atoms with Gasteiger partial charge in [0.15, 0.2) is 5.96 Å². The summed E-state index contributed by atoms with van der Waals surface area (Å²) >= 11 is 0. The first-order valence-electron chi connectivity index (χ1n) is 10.8. The zero-order valence-electron chi connectivity index (χ0n) is 17.5. The van der Waals surface area contributed by atoms with Crippen molar-refractivity contribution in [3.05, 3.63) is 0 Å². The molecule has 0 bridgehead atoms. The van der Waals surface area contributed by atoms with E-state index in [1.54, 1.807) is 0 Å². The Bertz CT molecular complexity index is 512. The van der Waals surface area contributed by atoms with Crippen LogP contribution in [-0.4, -0.2) is 52.8 Å². The summed E-state index contributed by atoms with van der Waals surface area (Å²) in [5.41, 5.74) is 0. The maximum absolute atomic E-state index is 12.2. The van der Waals surface area contributed by atoms with Crippen LogP contribution in [0.15, 0.2) is 4.99 Å². The Balaban J connectivity index is 0.00000392. The summed E-state index contributed by atoms with van der Waals surface area (Å²) in [6, 6.07) is 0.328. The van der Waals surface area contributed by atoms with E-state index in [9.17, 15) is 9.00 Å². The van der Waals surface area contributed by atoms with Crippen LogP contribution in [0.1, 0.15) is 71.6 Å². The second-order valence-corrected chi connectivity index (χ2v) is 9.69. The molecule has 2 saturated carbocycles. The summed E-state index contributed by atoms with van der Waals surface area (Å²) < 4.78 is 12.1. The minimum atomic E-state index is -0.715. The molecule has 2 fully saturated rings. The van der Waals surface area contributed by atoms with Gasteiger partial charge >= 0.3 is 0 Å². The number of carbonyl (C=O) groups is 1. The van der Waals surface area contributed by atoms with E-state index >= 15 is 0 Å². The smallest absolute Gasteiger partial charge is 0.223 e. The van der Waals surface area contributed by atoms with Gasteiger partial charge in [-0.1, -0.05) is 32.6 Å². The van der Waals surface area contributed by atoms with Crippen molar-refractivity contribution in [3.8, 4) is 0 Å². The Hall–Kier alpha value is -0.380. The van der Waals surface area contributed by atoms with E-state index in [0.717, 1.165) is 56.8 Å². The van der Waals surface area contributed by atoms with E-state index in [2.05, 4.69) is 27.9 Å². The highest BCUT2D eigenvalue weighted by Crippen LogP contribution is 2.24. The Morgan fingerprint density at radius 2 is 1.79 bits per heavy atom. The van der Waals surface area contributed by atoms with E-state index in [4.69, 9.17) is 0 Å². The number of halogens is 1. The van der Waals surface area contributed by atoms with Crippen molar-refractivity contribution in [2.45, 2.75) is 82.9 Å². The number of hydrogen-bond donors (Lipinski definition) is 3. The van der Waals surface area contributed by atoms with Crippen LogP contribution < -0.4 is 16.0 Å². The molecule has 0 aliphatic heterocycles. The van der Waals surface area contributed by atoms with Gasteiger partial charge in [0, 0.05) is 46.9 Å². The van der Waals surface area contributed by atoms with Gasteiger partial charge in [-0.3, -0.25) is 14.0 Å². The van der Waals surface area contributed by atoms with Crippen molar-refractivity contribution in [1.82, 2.24) is 16.0 Å². The van der Waals surface area contributed by atoms with Gasteiger partial charge in [-0.15, -0.1) is 24.0 Å². The van der Waals surface area contributed by atoms with Crippen LogP contribution in [0.25, 0.3) is 0 Å². The molecule has 2 aliphatic rings. The normalized spacial score (nSPS) is 24.7. The fourth-order valence-corrected chi connectivity index (χ4v) is 5.47. The number of rotatable bonds is 8. The second-order valence-electron chi connectivity index (χ2n) is 7.69. The molecule has 0 radical (unpaired) electrons. The predicted octanol–water partition coefficient (Wildman–Crippen LogP) is 2.94. The lowest BCUT2D eigenvalue weighted by Gasteiger charge is -2.30. The molecule has 2 aliphatic carbocycles. The molecule has 0 saturated heterocycles. The van der Waals surface area contributed by atoms with Crippen LogP contribution in [0.3, 0.4) is 0 Å². The van der Waals surface area contributed by atoms with Crippen LogP contribution in [-0.2, 0) is 15.6 Å². The van der Waals surface area contributed by atoms with Gasteiger partial charge in [0.1, 0.15) is 0 Å². The van der Waals surface area contributed by atoms with Crippen molar-refractivity contribution >= 4 is 46.6 Å². The quantitative estimate of drug-likeness (QED) is 0.197. The minimum absolute atomic E-state index is 0. The van der Waals surface area contributed by atoms with E-state index in [0.29, 0.717) is 24.4 Å². The third kappa shape index (κ3) is 8.97. The number of carbonyl (C=O) groups excluding carboxylic acids is 1. The molecule has 164 valence electrons. The molecule has 0 aromatic heterocycles. The van der Waals surface area contributed by atoms with Gasteiger partial charge < -0.3 is 16.0 Å². The van der Waals surface area contributed by atoms with Gasteiger partial charge in [-0.2, -0.15) is 0 Å². The number of amides is 1. The van der Waals surface area contributed by atoms with E-state index < -0.39 is 10.8 Å². The molecule has 0 spiro atoms. The van der Waals surface area contributed by atoms with Crippen LogP contribution in [0.5, 0.6) is 0 Å². The zero-order chi connectivity index (χ0) is 19.5. The van der Waals surface area contributed by atoms with E-state index in [1.165, 1.54) is 19.3 Å². The van der Waals surface area contributed by atoms with Crippen molar-refractivity contribution in [2.24, 2.45) is 10.9 Å². The maximum Gasteiger partial charge on any atom is 0.223 e. The minimum Gasteiger partial charge on any atom is -0.357 e. The van der Waals surface area contributed by atoms with Gasteiger partial charge in [0.05, 0.1) is 6.54 Å². The lowest BCUT2D eigenvalue weighted by Crippen LogP contribution is -2.47. The highest BCUT2D eigenvalue weighted by molar-refractivity contribution is 14.0. The first-order chi connectivity index (χ1) is 13.1. The van der Waals surface area contributed by atoms with Crippen molar-refractivity contribution in [2.75, 3.05) is 25.4 Å². The zero-order valence-corrected chi connectivity index (χ0v) is 20.7. The Kier molecular flexibility index (Phi) is 13.4. The monoisotopic (exact) mass is 526 g/mol. The summed E-state index contributed by atoms with van der Waals surface area (Å²) in [5, 5.41) is 10.1. The Labute approximate surface area is 190 Å². The van der Waals surface area contributed by atoms with Crippen LogP contribution in [0.4, 0.5) is 0 Å². The van der Waals surface area contributed by atoms with Crippen molar-refractivity contribution in [3.63, 3.8) is 0 Å². The van der Waals surface area contributed by atoms with E-state index in [-0.39, 0.29) is 35.8 Å². The van der Waals surface area contributed by atoms with Crippen LogP contribution in [0.2, 0.25) is 0 Å². The van der Waals surface area contributed by atoms with E-state index in [1.807, 2.05) is 6.92 Å². The molecule has 0 aromatic carbocycles. The summed E-state index contributed by atoms with van der Waals surface area (Å²) in [5.74, 6) is 1.94. The first kappa shape index (κ1) is 25.7. The SMILES string of the molecule is CCNC(=NCCNC(=O)C1CCCCC1)NC1CCCC(S(=O)CC)C1.I. The Morgan fingerprint density at radius 3 is 2.46 bits per heavy atom. The fraction of sp³-hybridized carbons (Fsp3) is 0.900. The molecule has 0 aromatic rings. The third-order valence-electron chi connectivity index (χ3n) is 5.62. The molecule has 2 rings (SSSR count). The molecular weight excluding hydrogens is 487 g/mol. The molecule has 1 amide bonds. The van der Waals surface area contributed by atoms with Gasteiger partial charge in [0.2, 0.25) is 5.91 Å². The molecule has 3 atom stereocenters. The van der Waals surface area contributed by atoms with Gasteiger partial charge in [-0.25, -0.2) is 0 Å². The molecule has 8 heteroatoms. The maximum atomic E-state index is 12.2. The molecule has 3 unspecified atom stereocenters. The molecular formula is C20H39IN4O2S. The largest absolute Gasteiger partial charge is 0.357 e. The summed E-state index contributed by atoms with van der Waals surface area (Å²) in [7, 11) is -0.715. The standard InChI is InChI=1S/C20H38N4O2S.HI/c1-3-21-20(24-17-11-8-12-18(15-17)27(26)4-2)23-14-13-22-19(25)16-9-6-5-7-10-16;/h16-18H,3-15H2,1-2H3,(H,22,25)(H2,21,23,24);1H. The summed E-state index contributed by atoms with van der Waals surface area (Å²) in [4.78, 5) is 16.8. The van der Waals surface area contributed by atoms with Gasteiger partial charge in [-0.05, 0) is 39.0 Å². The lowest BCUT2D eigenvalue weighted by molar-refractivity contribution is -0.125. The van der Waals surface area contributed by atoms with Crippen LogP contribution >= 0.6 is 24.0 Å². The second kappa shape index (κ2) is 14.6. The molecule has 28 heavy (non-hydrogen) atoms. The molecule has 0 heterocycles. The highest BCUT2D eigenvalue weighted by atomic mass is 127. The number of guanidine groups is 1. The highest BCUT2D eigenvalue weighted by Gasteiger charge is 2.26. The summed E-state index contributed by atoms with van der Waals surface area (Å²) in [6.07, 6.45) is 9.90. The predicted molar refractivity (Wildman–Crippen MR) is 129 cm³/mol. The Morgan fingerprint density at radius 1 is 1.04 bits per heavy atom. The average molecular weight is 527 g/mol. The van der Waals surface area contributed by atoms with Crippen molar-refractivity contribution < 1.29 is 9.00 Å². The molecule has 3 N–H and O–H groups in total. The topological polar surface area (TPSA) is 82.6 Å². The third-order valence-corrected chi connectivity index (χ3v) is 7.37. The van der Waals surface area contributed by atoms with Crippen molar-refractivity contribution in [1.29, 1.82) is 0 Å². The fourth-order valence-electron chi connectivity index (χ4n) is 4.12. The van der Waals surface area contributed by atoms with Gasteiger partial charge in [0.25, 0.3) is 0 Å². The lowest BCUT2D eigenvalue weighted by atomic mass is 9.89. The number of nitrogens with one attached hydrogen (secondary N) is 3. The average Bonchev–Trinajstić information content (AvgIpc) is 2.71. The summed E-state index contributed by atoms with van der Waals surface area (Å²) in [6.45, 7) is 6.01. The number of nitrogens with zero attached hydrogens (tertiary/aromatic N) is 1. The number of hydrogen-bond acceptors (Lipinski definition) is 3. The number of aliphatic imine (C=N–C) groups is 1. The van der Waals surface area contributed by atoms with Crippen LogP contribution in [0, 0.1) is 5.92 Å². The first-order valence-corrected chi connectivity index (χ1v) is 12.2.